The van der Waals surface area contributed by atoms with Crippen molar-refractivity contribution in [2.24, 2.45) is 0 Å². The molecule has 0 fully saturated rings. The van der Waals surface area contributed by atoms with Crippen molar-refractivity contribution in [2.75, 3.05) is 20.3 Å². The van der Waals surface area contributed by atoms with Crippen LogP contribution in [0.4, 0.5) is 0 Å². The van der Waals surface area contributed by atoms with Gasteiger partial charge in [0.15, 0.2) is 0 Å². The first kappa shape index (κ1) is 14.1. The molecular formula is C12H24N4O. The Kier molecular flexibility index (Phi) is 6.15. The smallest absolute Gasteiger partial charge is 0.0999 e. The molecule has 1 rings (SSSR count). The SMILES string of the molecule is CCOCCCn1nnc(CNC)c1C(C)C. The first-order valence-electron chi connectivity index (χ1n) is 6.35. The van der Waals surface area contributed by atoms with Crippen molar-refractivity contribution < 1.29 is 4.74 Å². The van der Waals surface area contributed by atoms with Crippen LogP contribution in [-0.4, -0.2) is 35.3 Å². The molecular weight excluding hydrogens is 216 g/mol. The van der Waals surface area contributed by atoms with Gasteiger partial charge in [0.25, 0.3) is 0 Å². The summed E-state index contributed by atoms with van der Waals surface area (Å²) in [5, 5.41) is 11.6. The molecule has 0 saturated carbocycles. The lowest BCUT2D eigenvalue weighted by Crippen LogP contribution is -2.12. The minimum atomic E-state index is 0.445. The first-order chi connectivity index (χ1) is 8.20. The van der Waals surface area contributed by atoms with Crippen LogP contribution in [-0.2, 0) is 17.8 Å². The molecule has 5 nitrogen and oxygen atoms in total. The Bertz CT molecular complexity index is 322. The zero-order valence-corrected chi connectivity index (χ0v) is 11.4. The van der Waals surface area contributed by atoms with E-state index in [1.54, 1.807) is 0 Å². The molecule has 5 heteroatoms. The van der Waals surface area contributed by atoms with E-state index in [0.717, 1.165) is 38.4 Å². The molecule has 0 unspecified atom stereocenters. The second kappa shape index (κ2) is 7.40. The average Bonchev–Trinajstić information content (AvgIpc) is 2.68. The van der Waals surface area contributed by atoms with Crippen LogP contribution in [0.1, 0.15) is 44.5 Å². The van der Waals surface area contributed by atoms with E-state index in [0.29, 0.717) is 5.92 Å². The van der Waals surface area contributed by atoms with E-state index in [1.165, 1.54) is 5.69 Å². The lowest BCUT2D eigenvalue weighted by atomic mass is 10.1. The van der Waals surface area contributed by atoms with E-state index in [4.69, 9.17) is 4.74 Å². The standard InChI is InChI=1S/C12H24N4O/c1-5-17-8-6-7-16-12(10(2)3)11(9-13-4)14-15-16/h10,13H,5-9H2,1-4H3. The molecule has 98 valence electrons. The number of aromatic nitrogens is 3. The third kappa shape index (κ3) is 4.09. The number of rotatable bonds is 8. The van der Waals surface area contributed by atoms with E-state index in [-0.39, 0.29) is 0 Å². The molecule has 1 heterocycles. The molecule has 1 N–H and O–H groups in total. The number of hydrogen-bond donors (Lipinski definition) is 1. The second-order valence-corrected chi connectivity index (χ2v) is 4.38. The summed E-state index contributed by atoms with van der Waals surface area (Å²) in [5.41, 5.74) is 2.29. The Morgan fingerprint density at radius 3 is 2.76 bits per heavy atom. The minimum Gasteiger partial charge on any atom is -0.382 e. The van der Waals surface area contributed by atoms with Crippen LogP contribution in [0.25, 0.3) is 0 Å². The van der Waals surface area contributed by atoms with E-state index < -0.39 is 0 Å². The Hall–Kier alpha value is -0.940. The summed E-state index contributed by atoms with van der Waals surface area (Å²) in [7, 11) is 1.93. The zero-order chi connectivity index (χ0) is 12.7. The molecule has 1 aromatic rings. The maximum absolute atomic E-state index is 5.34. The zero-order valence-electron chi connectivity index (χ0n) is 11.4. The van der Waals surface area contributed by atoms with Gasteiger partial charge in [0, 0.05) is 26.3 Å². The normalized spacial score (nSPS) is 11.4. The number of hydrogen-bond acceptors (Lipinski definition) is 4. The van der Waals surface area contributed by atoms with Crippen molar-refractivity contribution in [3.63, 3.8) is 0 Å². The van der Waals surface area contributed by atoms with Crippen LogP contribution >= 0.6 is 0 Å². The van der Waals surface area contributed by atoms with Gasteiger partial charge in [-0.15, -0.1) is 5.10 Å². The molecule has 0 spiro atoms. The third-order valence-corrected chi connectivity index (χ3v) is 2.60. The van der Waals surface area contributed by atoms with Crippen molar-refractivity contribution in [1.82, 2.24) is 20.3 Å². The highest BCUT2D eigenvalue weighted by atomic mass is 16.5. The number of ether oxygens (including phenoxy) is 1. The molecule has 0 aliphatic heterocycles. The van der Waals surface area contributed by atoms with Gasteiger partial charge in [-0.2, -0.15) is 0 Å². The first-order valence-corrected chi connectivity index (χ1v) is 6.35. The van der Waals surface area contributed by atoms with Gasteiger partial charge in [-0.3, -0.25) is 0 Å². The fourth-order valence-corrected chi connectivity index (χ4v) is 1.91. The summed E-state index contributed by atoms with van der Waals surface area (Å²) in [6.45, 7) is 9.59. The van der Waals surface area contributed by atoms with Gasteiger partial charge < -0.3 is 10.1 Å². The van der Waals surface area contributed by atoms with Gasteiger partial charge >= 0.3 is 0 Å². The van der Waals surface area contributed by atoms with Crippen LogP contribution < -0.4 is 5.32 Å². The van der Waals surface area contributed by atoms with Crippen LogP contribution in [0.15, 0.2) is 0 Å². The second-order valence-electron chi connectivity index (χ2n) is 4.38. The van der Waals surface area contributed by atoms with Gasteiger partial charge in [0.2, 0.25) is 0 Å². The molecule has 0 atom stereocenters. The summed E-state index contributed by atoms with van der Waals surface area (Å²) < 4.78 is 7.35. The van der Waals surface area contributed by atoms with Gasteiger partial charge in [0.1, 0.15) is 0 Å². The van der Waals surface area contributed by atoms with Crippen molar-refractivity contribution in [3.8, 4) is 0 Å². The highest BCUT2D eigenvalue weighted by molar-refractivity contribution is 5.14. The molecule has 0 aliphatic rings. The fraction of sp³-hybridized carbons (Fsp3) is 0.833. The maximum atomic E-state index is 5.34. The lowest BCUT2D eigenvalue weighted by Gasteiger charge is -2.11. The maximum Gasteiger partial charge on any atom is 0.0999 e. The van der Waals surface area contributed by atoms with Gasteiger partial charge in [0.05, 0.1) is 11.4 Å². The summed E-state index contributed by atoms with van der Waals surface area (Å²) in [6.07, 6.45) is 0.982. The molecule has 17 heavy (non-hydrogen) atoms. The van der Waals surface area contributed by atoms with E-state index in [9.17, 15) is 0 Å². The lowest BCUT2D eigenvalue weighted by molar-refractivity contribution is 0.140. The highest BCUT2D eigenvalue weighted by Gasteiger charge is 2.14. The monoisotopic (exact) mass is 240 g/mol. The van der Waals surface area contributed by atoms with Crippen molar-refractivity contribution in [1.29, 1.82) is 0 Å². The van der Waals surface area contributed by atoms with Gasteiger partial charge in [-0.05, 0) is 26.3 Å². The predicted octanol–water partition coefficient (Wildman–Crippen LogP) is 1.55. The van der Waals surface area contributed by atoms with Crippen LogP contribution in [0.3, 0.4) is 0 Å². The van der Waals surface area contributed by atoms with Crippen LogP contribution in [0.5, 0.6) is 0 Å². The number of nitrogens with one attached hydrogen (secondary N) is 1. The molecule has 0 aliphatic carbocycles. The Morgan fingerprint density at radius 2 is 2.18 bits per heavy atom. The van der Waals surface area contributed by atoms with E-state index >= 15 is 0 Å². The molecule has 0 amide bonds. The summed E-state index contributed by atoms with van der Waals surface area (Å²) in [6, 6.07) is 0. The molecule has 1 aromatic heterocycles. The average molecular weight is 240 g/mol. The Morgan fingerprint density at radius 1 is 1.41 bits per heavy atom. The summed E-state index contributed by atoms with van der Waals surface area (Å²) in [5.74, 6) is 0.445. The Balaban J connectivity index is 2.64. The topological polar surface area (TPSA) is 52.0 Å². The minimum absolute atomic E-state index is 0.445. The summed E-state index contributed by atoms with van der Waals surface area (Å²) in [4.78, 5) is 0. The predicted molar refractivity (Wildman–Crippen MR) is 68.0 cm³/mol. The number of aryl methyl sites for hydroxylation is 1. The third-order valence-electron chi connectivity index (χ3n) is 2.60. The molecule has 0 bridgehead atoms. The van der Waals surface area contributed by atoms with Gasteiger partial charge in [-0.1, -0.05) is 19.1 Å². The Labute approximate surface area is 104 Å². The van der Waals surface area contributed by atoms with Crippen molar-refractivity contribution in [3.05, 3.63) is 11.4 Å². The van der Waals surface area contributed by atoms with E-state index in [1.807, 2.05) is 18.7 Å². The molecule has 0 radical (unpaired) electrons. The quantitative estimate of drug-likeness (QED) is 0.700. The molecule has 0 aromatic carbocycles. The van der Waals surface area contributed by atoms with Crippen molar-refractivity contribution in [2.45, 2.75) is 46.2 Å². The summed E-state index contributed by atoms with van der Waals surface area (Å²) >= 11 is 0. The molecule has 0 saturated heterocycles. The van der Waals surface area contributed by atoms with Crippen LogP contribution in [0, 0.1) is 0 Å². The highest BCUT2D eigenvalue weighted by Crippen LogP contribution is 2.17. The van der Waals surface area contributed by atoms with E-state index in [2.05, 4.69) is 29.5 Å². The number of nitrogens with zero attached hydrogens (tertiary/aromatic N) is 3. The van der Waals surface area contributed by atoms with Crippen LogP contribution in [0.2, 0.25) is 0 Å². The fourth-order valence-electron chi connectivity index (χ4n) is 1.91. The largest absolute Gasteiger partial charge is 0.382 e. The van der Waals surface area contributed by atoms with Crippen molar-refractivity contribution >= 4 is 0 Å². The van der Waals surface area contributed by atoms with Gasteiger partial charge in [-0.25, -0.2) is 4.68 Å².